The first kappa shape index (κ1) is 13.3. The van der Waals surface area contributed by atoms with E-state index in [2.05, 4.69) is 21.4 Å². The maximum atomic E-state index is 9.14. The Bertz CT molecular complexity index is 744. The number of thiophene rings is 1. The zero-order valence-electron chi connectivity index (χ0n) is 11.1. The highest BCUT2D eigenvalue weighted by Crippen LogP contribution is 2.24. The molecular weight excluding hydrogens is 284 g/mol. The number of nitriles is 1. The highest BCUT2D eigenvalue weighted by Gasteiger charge is 2.14. The Labute approximate surface area is 125 Å². The number of aromatic nitrogens is 2. The Balaban J connectivity index is 1.73. The van der Waals surface area contributed by atoms with Gasteiger partial charge in [0.25, 0.3) is 0 Å². The van der Waals surface area contributed by atoms with E-state index >= 15 is 0 Å². The number of nitrogens with zero attached hydrogens (tertiary/aromatic N) is 3. The lowest BCUT2D eigenvalue weighted by molar-refractivity contribution is 0.585. The summed E-state index contributed by atoms with van der Waals surface area (Å²) < 4.78 is 5.63. The van der Waals surface area contributed by atoms with Gasteiger partial charge >= 0.3 is 0 Å². The molecule has 3 aromatic heterocycles. The molecule has 0 saturated heterocycles. The summed E-state index contributed by atoms with van der Waals surface area (Å²) in [6, 6.07) is 9.79. The van der Waals surface area contributed by atoms with Crippen LogP contribution in [-0.2, 0) is 6.42 Å². The molecule has 0 saturated carbocycles. The van der Waals surface area contributed by atoms with E-state index in [9.17, 15) is 0 Å². The molecule has 0 fully saturated rings. The normalized spacial score (nSPS) is 10.2. The van der Waals surface area contributed by atoms with Gasteiger partial charge in [0, 0.05) is 23.8 Å². The maximum Gasteiger partial charge on any atom is 0.232 e. The summed E-state index contributed by atoms with van der Waals surface area (Å²) in [7, 11) is 0. The van der Waals surface area contributed by atoms with E-state index in [4.69, 9.17) is 9.68 Å². The molecule has 0 atom stereocenters. The van der Waals surface area contributed by atoms with Gasteiger partial charge in [0.1, 0.15) is 6.07 Å². The van der Waals surface area contributed by atoms with Crippen LogP contribution in [0.5, 0.6) is 0 Å². The number of pyridine rings is 1. The maximum absolute atomic E-state index is 9.14. The van der Waals surface area contributed by atoms with E-state index in [1.807, 2.05) is 23.6 Å². The van der Waals surface area contributed by atoms with Gasteiger partial charge in [-0.2, -0.15) is 10.2 Å². The third-order valence-electron chi connectivity index (χ3n) is 2.88. The molecule has 0 aliphatic carbocycles. The molecule has 3 aromatic rings. The average Bonchev–Trinajstić information content (AvgIpc) is 3.18. The van der Waals surface area contributed by atoms with Gasteiger partial charge in [0.2, 0.25) is 17.5 Å². The van der Waals surface area contributed by atoms with Crippen LogP contribution in [0, 0.1) is 11.3 Å². The van der Waals surface area contributed by atoms with Gasteiger partial charge in [-0.1, -0.05) is 6.07 Å². The van der Waals surface area contributed by atoms with Crippen LogP contribution in [0.4, 0.5) is 5.88 Å². The third-order valence-corrected chi connectivity index (χ3v) is 3.81. The first-order valence-electron chi connectivity index (χ1n) is 6.44. The SMILES string of the molecule is N#Cc1nc(-c2cccnc2)oc1NCCc1cccs1. The van der Waals surface area contributed by atoms with Crippen molar-refractivity contribution in [2.45, 2.75) is 6.42 Å². The highest BCUT2D eigenvalue weighted by atomic mass is 32.1. The summed E-state index contributed by atoms with van der Waals surface area (Å²) in [4.78, 5) is 9.49. The molecule has 0 aliphatic heterocycles. The summed E-state index contributed by atoms with van der Waals surface area (Å²) in [5.41, 5.74) is 1.01. The molecule has 0 spiro atoms. The van der Waals surface area contributed by atoms with Crippen LogP contribution in [0.2, 0.25) is 0 Å². The first-order valence-corrected chi connectivity index (χ1v) is 7.32. The molecule has 0 aromatic carbocycles. The van der Waals surface area contributed by atoms with E-state index in [0.717, 1.165) is 12.0 Å². The number of nitrogens with one attached hydrogen (secondary N) is 1. The smallest absolute Gasteiger partial charge is 0.232 e. The van der Waals surface area contributed by atoms with Gasteiger partial charge < -0.3 is 9.73 Å². The van der Waals surface area contributed by atoms with E-state index < -0.39 is 0 Å². The van der Waals surface area contributed by atoms with E-state index in [-0.39, 0.29) is 5.69 Å². The van der Waals surface area contributed by atoms with Crippen LogP contribution in [-0.4, -0.2) is 16.5 Å². The van der Waals surface area contributed by atoms with E-state index in [1.54, 1.807) is 29.8 Å². The molecule has 0 bridgehead atoms. The molecular formula is C15H12N4OS. The fourth-order valence-corrected chi connectivity index (χ4v) is 2.59. The minimum absolute atomic E-state index is 0.264. The number of hydrogen-bond donors (Lipinski definition) is 1. The zero-order valence-corrected chi connectivity index (χ0v) is 11.9. The number of anilines is 1. The molecule has 0 unspecified atom stereocenters. The fourth-order valence-electron chi connectivity index (χ4n) is 1.88. The summed E-state index contributed by atoms with van der Waals surface area (Å²) in [6.45, 7) is 0.691. The Kier molecular flexibility index (Phi) is 3.94. The van der Waals surface area contributed by atoms with Gasteiger partial charge in [0.15, 0.2) is 0 Å². The molecule has 0 amide bonds. The fraction of sp³-hybridized carbons (Fsp3) is 0.133. The standard InChI is InChI=1S/C15H12N4OS/c16-9-13-15(18-7-5-12-4-2-8-21-12)20-14(19-13)11-3-1-6-17-10-11/h1-4,6,8,10,18H,5,7H2. The van der Waals surface area contributed by atoms with Crippen molar-refractivity contribution in [3.63, 3.8) is 0 Å². The van der Waals surface area contributed by atoms with Crippen LogP contribution in [0.1, 0.15) is 10.6 Å². The summed E-state index contributed by atoms with van der Waals surface area (Å²) >= 11 is 1.71. The molecule has 21 heavy (non-hydrogen) atoms. The molecule has 1 N–H and O–H groups in total. The van der Waals surface area contributed by atoms with Crippen molar-refractivity contribution in [3.05, 3.63) is 52.6 Å². The Hall–Kier alpha value is -2.65. The zero-order chi connectivity index (χ0) is 14.5. The summed E-state index contributed by atoms with van der Waals surface area (Å²) in [5.74, 6) is 0.811. The van der Waals surface area contributed by atoms with Crippen LogP contribution < -0.4 is 5.32 Å². The number of hydrogen-bond acceptors (Lipinski definition) is 6. The number of oxazole rings is 1. The molecule has 5 nitrogen and oxygen atoms in total. The lowest BCUT2D eigenvalue weighted by Gasteiger charge is -2.01. The van der Waals surface area contributed by atoms with Gasteiger partial charge in [-0.15, -0.1) is 11.3 Å². The average molecular weight is 296 g/mol. The summed E-state index contributed by atoms with van der Waals surface area (Å²) in [6.07, 6.45) is 4.21. The molecule has 6 heteroatoms. The Morgan fingerprint density at radius 2 is 2.29 bits per heavy atom. The highest BCUT2D eigenvalue weighted by molar-refractivity contribution is 7.09. The second-order valence-corrected chi connectivity index (χ2v) is 5.34. The van der Waals surface area contributed by atoms with Crippen molar-refractivity contribution < 1.29 is 4.42 Å². The molecule has 0 radical (unpaired) electrons. The topological polar surface area (TPSA) is 74.7 Å². The molecule has 104 valence electrons. The van der Waals surface area contributed by atoms with Crippen LogP contribution in [0.3, 0.4) is 0 Å². The monoisotopic (exact) mass is 296 g/mol. The van der Waals surface area contributed by atoms with Crippen LogP contribution >= 0.6 is 11.3 Å². The second-order valence-electron chi connectivity index (χ2n) is 4.31. The quantitative estimate of drug-likeness (QED) is 0.781. The van der Waals surface area contributed by atoms with Crippen LogP contribution in [0.15, 0.2) is 46.5 Å². The summed E-state index contributed by atoms with van der Waals surface area (Å²) in [5, 5.41) is 14.3. The van der Waals surface area contributed by atoms with Crippen molar-refractivity contribution in [1.29, 1.82) is 5.26 Å². The van der Waals surface area contributed by atoms with Crippen molar-refractivity contribution in [1.82, 2.24) is 9.97 Å². The van der Waals surface area contributed by atoms with Gasteiger partial charge in [-0.3, -0.25) is 4.98 Å². The largest absolute Gasteiger partial charge is 0.419 e. The van der Waals surface area contributed by atoms with E-state index in [1.165, 1.54) is 4.88 Å². The van der Waals surface area contributed by atoms with Crippen molar-refractivity contribution in [2.75, 3.05) is 11.9 Å². The van der Waals surface area contributed by atoms with Gasteiger partial charge in [-0.05, 0) is 30.0 Å². The van der Waals surface area contributed by atoms with E-state index in [0.29, 0.717) is 18.3 Å². The van der Waals surface area contributed by atoms with Crippen molar-refractivity contribution in [3.8, 4) is 17.5 Å². The minimum atomic E-state index is 0.264. The van der Waals surface area contributed by atoms with Gasteiger partial charge in [0.05, 0.1) is 5.56 Å². The lowest BCUT2D eigenvalue weighted by Crippen LogP contribution is -2.04. The molecule has 3 heterocycles. The van der Waals surface area contributed by atoms with Crippen molar-refractivity contribution >= 4 is 17.2 Å². The Morgan fingerprint density at radius 3 is 3.00 bits per heavy atom. The minimum Gasteiger partial charge on any atom is -0.419 e. The van der Waals surface area contributed by atoms with Gasteiger partial charge in [-0.25, -0.2) is 0 Å². The van der Waals surface area contributed by atoms with Crippen LogP contribution in [0.25, 0.3) is 11.5 Å². The predicted molar refractivity (Wildman–Crippen MR) is 81.0 cm³/mol. The van der Waals surface area contributed by atoms with Crippen molar-refractivity contribution in [2.24, 2.45) is 0 Å². The number of rotatable bonds is 5. The first-order chi connectivity index (χ1) is 10.4. The molecule has 0 aliphatic rings. The Morgan fingerprint density at radius 1 is 1.33 bits per heavy atom. The lowest BCUT2D eigenvalue weighted by atomic mass is 10.3. The predicted octanol–water partition coefficient (Wildman–Crippen LogP) is 3.32. The third kappa shape index (κ3) is 3.09. The molecule has 3 rings (SSSR count). The second kappa shape index (κ2) is 6.20.